The number of ether oxygens (including phenoxy) is 1. The van der Waals surface area contributed by atoms with Crippen molar-refractivity contribution in [1.29, 1.82) is 0 Å². The molecule has 6 rings (SSSR count). The van der Waals surface area contributed by atoms with Crippen molar-refractivity contribution in [3.63, 3.8) is 0 Å². The van der Waals surface area contributed by atoms with Gasteiger partial charge >= 0.3 is 0 Å². The number of Topliss-reactive ketones (excluding diaryl/α,β-unsaturated/α-hetero) is 3. The molecule has 10 nitrogen and oxygen atoms in total. The smallest absolute Gasteiger partial charge is 0.285 e. The van der Waals surface area contributed by atoms with Gasteiger partial charge in [0.25, 0.3) is 5.91 Å². The van der Waals surface area contributed by atoms with Crippen LogP contribution in [-0.4, -0.2) is 71.4 Å². The Morgan fingerprint density at radius 1 is 1.04 bits per heavy atom. The Bertz CT molecular complexity index is 1470. The van der Waals surface area contributed by atoms with Crippen LogP contribution in [0.25, 0.3) is 0 Å². The van der Waals surface area contributed by atoms with Gasteiger partial charge in [0.15, 0.2) is 5.78 Å². The molecule has 49 heavy (non-hydrogen) atoms. The number of nitrogens with one attached hydrogen (secondary N) is 1. The molecule has 3 saturated carbocycles. The molecule has 2 amide bonds. The highest BCUT2D eigenvalue weighted by atomic mass is 16.5. The van der Waals surface area contributed by atoms with E-state index in [4.69, 9.17) is 10.5 Å². The summed E-state index contributed by atoms with van der Waals surface area (Å²) in [5.74, 6) is -2.32. The molecule has 5 fully saturated rings. The van der Waals surface area contributed by atoms with Gasteiger partial charge in [0.2, 0.25) is 11.7 Å². The van der Waals surface area contributed by atoms with E-state index in [0.29, 0.717) is 45.1 Å². The van der Waals surface area contributed by atoms with Crippen LogP contribution in [0.5, 0.6) is 0 Å². The molecule has 2 spiro atoms. The molecule has 1 aromatic heterocycles. The largest absolute Gasteiger partial charge is 0.380 e. The van der Waals surface area contributed by atoms with Gasteiger partial charge in [-0.1, -0.05) is 66.4 Å². The summed E-state index contributed by atoms with van der Waals surface area (Å²) in [5, 5.41) is 3.34. The molecule has 1 aromatic rings. The number of ketones is 3. The Kier molecular flexibility index (Phi) is 9.38. The van der Waals surface area contributed by atoms with Crippen molar-refractivity contribution >= 4 is 35.0 Å². The predicted octanol–water partition coefficient (Wildman–Crippen LogP) is 5.14. The summed E-state index contributed by atoms with van der Waals surface area (Å²) in [6.45, 7) is 12.5. The zero-order valence-corrected chi connectivity index (χ0v) is 30.1. The lowest BCUT2D eigenvalue weighted by Gasteiger charge is -2.42. The summed E-state index contributed by atoms with van der Waals surface area (Å²) in [5.41, 5.74) is 4.46. The number of nitrogens with zero attached hydrogens (tertiary/aromatic N) is 2. The fourth-order valence-corrected chi connectivity index (χ4v) is 10.2. The van der Waals surface area contributed by atoms with Crippen LogP contribution >= 0.6 is 0 Å². The normalized spacial score (nSPS) is 27.4. The minimum absolute atomic E-state index is 0.00557. The summed E-state index contributed by atoms with van der Waals surface area (Å²) < 4.78 is 5.57. The first-order valence-corrected chi connectivity index (χ1v) is 18.5. The monoisotopic (exact) mass is 676 g/mol. The van der Waals surface area contributed by atoms with Crippen LogP contribution in [0.2, 0.25) is 0 Å². The molecule has 10 heteroatoms. The van der Waals surface area contributed by atoms with Gasteiger partial charge in [0.05, 0.1) is 19.3 Å². The highest BCUT2D eigenvalue weighted by Crippen LogP contribution is 2.88. The quantitative estimate of drug-likeness (QED) is 0.243. The standard InChI is InChI=1S/C39H56N4O6/c1-35(2,3)28(18-27(44)19-37(23-49-24-37)21-42-31-12-6-7-15-41-31)34(48)43-22-39(36(4,5)38(39)13-9-14-38)20-29(43)30(45)17-26(32(46)33(40)47)16-25-10-8-11-25/h6-7,12,15,25-26,28-29H,8-11,13-14,16-24H2,1-5H3,(H2,40,47)(H,41,42)/t26?,28-,29+,39-/m1/s1. The fourth-order valence-electron chi connectivity index (χ4n) is 10.2. The van der Waals surface area contributed by atoms with Crippen LogP contribution in [0.15, 0.2) is 24.4 Å². The number of aromatic nitrogens is 1. The zero-order chi connectivity index (χ0) is 35.4. The van der Waals surface area contributed by atoms with E-state index in [2.05, 4.69) is 24.1 Å². The number of carbonyl (C=O) groups is 5. The third kappa shape index (κ3) is 6.25. The Morgan fingerprint density at radius 3 is 2.24 bits per heavy atom. The van der Waals surface area contributed by atoms with Gasteiger partial charge in [0, 0.05) is 61.2 Å². The number of primary amides is 1. The first-order chi connectivity index (χ1) is 23.0. The summed E-state index contributed by atoms with van der Waals surface area (Å²) in [4.78, 5) is 74.2. The Balaban J connectivity index is 1.21. The minimum Gasteiger partial charge on any atom is -0.380 e. The maximum Gasteiger partial charge on any atom is 0.285 e. The van der Waals surface area contributed by atoms with E-state index in [1.807, 2.05) is 39.0 Å². The number of carbonyl (C=O) groups excluding carboxylic acids is 5. The maximum atomic E-state index is 14.8. The Labute approximate surface area is 291 Å². The number of likely N-dealkylation sites (tertiary alicyclic amines) is 1. The van der Waals surface area contributed by atoms with Crippen molar-refractivity contribution in [2.45, 2.75) is 111 Å². The number of hydrogen-bond donors (Lipinski definition) is 2. The van der Waals surface area contributed by atoms with Gasteiger partial charge in [-0.3, -0.25) is 24.0 Å². The number of amides is 2. The fraction of sp³-hybridized carbons (Fsp3) is 0.744. The second kappa shape index (κ2) is 12.9. The van der Waals surface area contributed by atoms with E-state index in [1.165, 1.54) is 0 Å². The molecule has 2 saturated heterocycles. The van der Waals surface area contributed by atoms with Crippen LogP contribution in [0.3, 0.4) is 0 Å². The lowest BCUT2D eigenvalue weighted by molar-refractivity contribution is -0.149. The number of rotatable bonds is 15. The van der Waals surface area contributed by atoms with Crippen molar-refractivity contribution in [3.05, 3.63) is 24.4 Å². The van der Waals surface area contributed by atoms with Crippen LogP contribution in [0.4, 0.5) is 5.82 Å². The Hall–Kier alpha value is -3.14. The Morgan fingerprint density at radius 2 is 1.76 bits per heavy atom. The highest BCUT2D eigenvalue weighted by Gasteiger charge is 2.85. The van der Waals surface area contributed by atoms with Crippen molar-refractivity contribution in [2.75, 3.05) is 31.6 Å². The molecule has 5 aliphatic rings. The summed E-state index contributed by atoms with van der Waals surface area (Å²) in [7, 11) is 0. The molecule has 0 aromatic carbocycles. The first kappa shape index (κ1) is 35.7. The van der Waals surface area contributed by atoms with Gasteiger partial charge in [0.1, 0.15) is 11.6 Å². The third-order valence-corrected chi connectivity index (χ3v) is 13.8. The van der Waals surface area contributed by atoms with Gasteiger partial charge in [-0.05, 0) is 60.0 Å². The third-order valence-electron chi connectivity index (χ3n) is 13.8. The van der Waals surface area contributed by atoms with E-state index < -0.39 is 35.0 Å². The second-order valence-corrected chi connectivity index (χ2v) is 17.9. The highest BCUT2D eigenvalue weighted by molar-refractivity contribution is 6.36. The summed E-state index contributed by atoms with van der Waals surface area (Å²) >= 11 is 0. The SMILES string of the molecule is CC(C)(C)[C@H](CC(=O)CC1(CNc2ccccn2)COC1)C(=O)N1C[C@]2(C[C@H]1C(=O)CC(CC1CCC1)C(=O)C(N)=O)C(C)(C)C21CCC1. The second-order valence-electron chi connectivity index (χ2n) is 17.9. The van der Waals surface area contributed by atoms with Gasteiger partial charge in [-0.25, -0.2) is 4.98 Å². The molecule has 4 atom stereocenters. The number of nitrogens with two attached hydrogens (primary N) is 1. The van der Waals surface area contributed by atoms with Crippen molar-refractivity contribution in [3.8, 4) is 0 Å². The maximum absolute atomic E-state index is 14.8. The first-order valence-electron chi connectivity index (χ1n) is 18.5. The molecule has 3 N–H and O–H groups in total. The van der Waals surface area contributed by atoms with Crippen molar-refractivity contribution in [2.24, 2.45) is 50.6 Å². The van der Waals surface area contributed by atoms with E-state index in [-0.39, 0.29) is 58.4 Å². The van der Waals surface area contributed by atoms with E-state index in [9.17, 15) is 24.0 Å². The topological polar surface area (TPSA) is 149 Å². The molecule has 0 bridgehead atoms. The molecule has 268 valence electrons. The van der Waals surface area contributed by atoms with Gasteiger partial charge in [-0.2, -0.15) is 0 Å². The molecule has 1 unspecified atom stereocenters. The summed E-state index contributed by atoms with van der Waals surface area (Å²) in [6, 6.07) is 4.96. The molecular weight excluding hydrogens is 620 g/mol. The number of anilines is 1. The van der Waals surface area contributed by atoms with Crippen molar-refractivity contribution < 1.29 is 28.7 Å². The average molecular weight is 677 g/mol. The van der Waals surface area contributed by atoms with Gasteiger partial charge < -0.3 is 20.7 Å². The molecule has 3 aliphatic carbocycles. The van der Waals surface area contributed by atoms with Crippen LogP contribution < -0.4 is 11.1 Å². The summed E-state index contributed by atoms with van der Waals surface area (Å²) in [6.07, 6.45) is 9.43. The molecule has 2 aliphatic heterocycles. The van der Waals surface area contributed by atoms with Crippen LogP contribution in [0.1, 0.15) is 105 Å². The molecule has 3 heterocycles. The van der Waals surface area contributed by atoms with E-state index in [0.717, 1.165) is 44.3 Å². The number of hydrogen-bond acceptors (Lipinski definition) is 8. The van der Waals surface area contributed by atoms with E-state index >= 15 is 0 Å². The van der Waals surface area contributed by atoms with Gasteiger partial charge in [-0.15, -0.1) is 0 Å². The zero-order valence-electron chi connectivity index (χ0n) is 30.1. The van der Waals surface area contributed by atoms with Crippen LogP contribution in [0, 0.1) is 44.8 Å². The van der Waals surface area contributed by atoms with Crippen molar-refractivity contribution in [1.82, 2.24) is 9.88 Å². The van der Waals surface area contributed by atoms with E-state index in [1.54, 1.807) is 11.1 Å². The number of fused-ring (bicyclic) bond motifs is 1. The predicted molar refractivity (Wildman–Crippen MR) is 185 cm³/mol. The minimum atomic E-state index is -0.999. The average Bonchev–Trinajstić information content (AvgIpc) is 3.21. The molecular formula is C39H56N4O6. The number of pyridine rings is 1. The molecule has 0 radical (unpaired) electrons. The lowest BCUT2D eigenvalue weighted by atomic mass is 9.73. The van der Waals surface area contributed by atoms with Crippen LogP contribution in [-0.2, 0) is 28.7 Å². The lowest BCUT2D eigenvalue weighted by Crippen LogP contribution is -2.50.